The Labute approximate surface area is 259 Å². The summed E-state index contributed by atoms with van der Waals surface area (Å²) in [6, 6.07) is 6.93. The number of carbonyl (C=O) groups excluding carboxylic acids is 2. The second-order valence-corrected chi connectivity index (χ2v) is 12.9. The summed E-state index contributed by atoms with van der Waals surface area (Å²) in [4.78, 5) is 45.7. The SMILES string of the molecule is CCCCN(C(=O)CN1C[C@H](c2cc(CO)c3c(c2)OCO3)[C@@H](C(=O)O)[C@@H]1CCN1CCC(C)(C)C1=O)c1ccc[n+](C)c1. The highest BCUT2D eigenvalue weighted by atomic mass is 16.7. The van der Waals surface area contributed by atoms with E-state index in [9.17, 15) is 24.6 Å². The summed E-state index contributed by atoms with van der Waals surface area (Å²) in [7, 11) is 1.91. The van der Waals surface area contributed by atoms with Crippen LogP contribution in [0.25, 0.3) is 0 Å². The number of carboxylic acid groups (broad SMARTS) is 1. The molecule has 3 aliphatic rings. The first-order chi connectivity index (χ1) is 21.0. The van der Waals surface area contributed by atoms with Crippen LogP contribution >= 0.6 is 0 Å². The molecule has 238 valence electrons. The van der Waals surface area contributed by atoms with E-state index in [1.165, 1.54) is 0 Å². The lowest BCUT2D eigenvalue weighted by atomic mass is 9.83. The Morgan fingerprint density at radius 1 is 1.23 bits per heavy atom. The summed E-state index contributed by atoms with van der Waals surface area (Å²) in [6.07, 6.45) is 6.78. The van der Waals surface area contributed by atoms with E-state index < -0.39 is 29.3 Å². The number of pyridine rings is 1. The zero-order chi connectivity index (χ0) is 31.6. The van der Waals surface area contributed by atoms with Gasteiger partial charge in [-0.3, -0.25) is 19.3 Å². The molecule has 4 heterocycles. The fourth-order valence-corrected chi connectivity index (χ4v) is 6.89. The third-order valence-corrected chi connectivity index (χ3v) is 9.38. The molecule has 0 saturated carbocycles. The number of hydrogen-bond acceptors (Lipinski definition) is 7. The van der Waals surface area contributed by atoms with Crippen molar-refractivity contribution in [2.24, 2.45) is 18.4 Å². The van der Waals surface area contributed by atoms with Gasteiger partial charge in [0.05, 0.1) is 19.1 Å². The van der Waals surface area contributed by atoms with Gasteiger partial charge in [0.1, 0.15) is 12.7 Å². The van der Waals surface area contributed by atoms with E-state index >= 15 is 0 Å². The molecule has 1 aromatic heterocycles. The number of ether oxygens (including phenoxy) is 2. The molecule has 2 fully saturated rings. The van der Waals surface area contributed by atoms with Gasteiger partial charge < -0.3 is 29.5 Å². The van der Waals surface area contributed by atoms with Crippen LogP contribution in [0.2, 0.25) is 0 Å². The Hall–Kier alpha value is -3.70. The summed E-state index contributed by atoms with van der Waals surface area (Å²) in [5, 5.41) is 20.7. The van der Waals surface area contributed by atoms with Gasteiger partial charge in [0, 0.05) is 55.2 Å². The lowest BCUT2D eigenvalue weighted by Crippen LogP contribution is -2.46. The maximum absolute atomic E-state index is 14.0. The molecule has 0 bridgehead atoms. The Bertz CT molecular complexity index is 1400. The van der Waals surface area contributed by atoms with Crippen molar-refractivity contribution < 1.29 is 38.6 Å². The molecular weight excluding hydrogens is 564 g/mol. The van der Waals surface area contributed by atoms with Crippen LogP contribution in [0.3, 0.4) is 0 Å². The van der Waals surface area contributed by atoms with Crippen LogP contribution in [0.1, 0.15) is 63.5 Å². The summed E-state index contributed by atoms with van der Waals surface area (Å²) < 4.78 is 13.1. The standard InChI is InChI=1S/C33H44N4O7/c1-5-6-12-37(24-8-7-11-34(4)17-24)28(39)19-36-18-25(22-15-23(20-38)30-27(16-22)43-21-44-30)29(31(40)41)26(36)9-13-35-14-10-33(2,3)32(35)42/h7-8,11,15-17,25-26,29,38H,5-6,9-10,12-14,18-21H2,1-4H3/p+1/t25-,26+,29-/m1/s1. The van der Waals surface area contributed by atoms with E-state index in [-0.39, 0.29) is 31.8 Å². The monoisotopic (exact) mass is 609 g/mol. The van der Waals surface area contributed by atoms with Gasteiger partial charge in [-0.2, -0.15) is 0 Å². The van der Waals surface area contributed by atoms with Gasteiger partial charge in [-0.15, -0.1) is 0 Å². The molecule has 2 amide bonds. The topological polar surface area (TPSA) is 124 Å². The van der Waals surface area contributed by atoms with Gasteiger partial charge in [-0.1, -0.05) is 27.2 Å². The Balaban J connectivity index is 1.46. The minimum atomic E-state index is -0.954. The highest BCUT2D eigenvalue weighted by Crippen LogP contribution is 2.45. The average molecular weight is 610 g/mol. The fraction of sp³-hybridized carbons (Fsp3) is 0.576. The molecule has 5 rings (SSSR count). The van der Waals surface area contributed by atoms with Gasteiger partial charge in [0.25, 0.3) is 0 Å². The second kappa shape index (κ2) is 13.1. The summed E-state index contributed by atoms with van der Waals surface area (Å²) >= 11 is 0. The van der Waals surface area contributed by atoms with Crippen LogP contribution in [0.5, 0.6) is 11.5 Å². The van der Waals surface area contributed by atoms with Crippen LogP contribution in [0.15, 0.2) is 36.7 Å². The number of aliphatic carboxylic acids is 1. The van der Waals surface area contributed by atoms with E-state index in [1.807, 2.05) is 59.8 Å². The van der Waals surface area contributed by atoms with E-state index in [0.29, 0.717) is 49.7 Å². The number of nitrogens with zero attached hydrogens (tertiary/aromatic N) is 4. The zero-order valence-electron chi connectivity index (χ0n) is 26.2. The maximum Gasteiger partial charge on any atom is 0.308 e. The smallest absolute Gasteiger partial charge is 0.308 e. The zero-order valence-corrected chi connectivity index (χ0v) is 26.2. The summed E-state index contributed by atoms with van der Waals surface area (Å²) in [5.74, 6) is -1.32. The third kappa shape index (κ3) is 6.39. The van der Waals surface area contributed by atoms with Crippen molar-refractivity contribution in [3.05, 3.63) is 47.8 Å². The molecule has 11 heteroatoms. The van der Waals surface area contributed by atoms with Gasteiger partial charge in [0.15, 0.2) is 23.9 Å². The van der Waals surface area contributed by atoms with E-state index in [4.69, 9.17) is 9.47 Å². The Morgan fingerprint density at radius 2 is 2.02 bits per heavy atom. The van der Waals surface area contributed by atoms with E-state index in [2.05, 4.69) is 6.92 Å². The number of aliphatic hydroxyl groups is 1. The van der Waals surface area contributed by atoms with Crippen LogP contribution in [0, 0.1) is 11.3 Å². The Morgan fingerprint density at radius 3 is 2.68 bits per heavy atom. The molecule has 3 aliphatic heterocycles. The number of anilines is 1. The number of rotatable bonds is 12. The minimum absolute atomic E-state index is 0.0348. The number of fused-ring (bicyclic) bond motifs is 1. The molecule has 3 atom stereocenters. The van der Waals surface area contributed by atoms with E-state index in [1.54, 1.807) is 17.0 Å². The van der Waals surface area contributed by atoms with Gasteiger partial charge >= 0.3 is 5.97 Å². The lowest BCUT2D eigenvalue weighted by Gasteiger charge is -2.30. The van der Waals surface area contributed by atoms with E-state index in [0.717, 1.165) is 30.5 Å². The van der Waals surface area contributed by atoms with Crippen molar-refractivity contribution in [1.82, 2.24) is 9.80 Å². The molecular formula is C33H45N4O7+. The first-order valence-electron chi connectivity index (χ1n) is 15.6. The molecule has 11 nitrogen and oxygen atoms in total. The first kappa shape index (κ1) is 31.7. The molecule has 2 saturated heterocycles. The largest absolute Gasteiger partial charge is 0.481 e. The molecule has 2 N–H and O–H groups in total. The van der Waals surface area contributed by atoms with Crippen molar-refractivity contribution in [2.45, 2.75) is 65.0 Å². The van der Waals surface area contributed by atoms with Crippen molar-refractivity contribution in [1.29, 1.82) is 0 Å². The molecule has 0 spiro atoms. The number of unbranched alkanes of at least 4 members (excludes halogenated alkanes) is 1. The number of carbonyl (C=O) groups is 3. The number of carboxylic acids is 1. The van der Waals surface area contributed by atoms with Gasteiger partial charge in [-0.05, 0) is 43.0 Å². The van der Waals surface area contributed by atoms with Crippen molar-refractivity contribution in [2.75, 3.05) is 44.4 Å². The van der Waals surface area contributed by atoms with Crippen molar-refractivity contribution >= 4 is 23.5 Å². The normalized spacial score (nSPS) is 22.5. The Kier molecular flexibility index (Phi) is 9.45. The molecule has 0 unspecified atom stereocenters. The molecule has 0 aliphatic carbocycles. The summed E-state index contributed by atoms with van der Waals surface area (Å²) in [6.45, 7) is 7.73. The predicted octanol–water partition coefficient (Wildman–Crippen LogP) is 2.68. The highest BCUT2D eigenvalue weighted by molar-refractivity contribution is 5.94. The van der Waals surface area contributed by atoms with Crippen LogP contribution in [0.4, 0.5) is 5.69 Å². The van der Waals surface area contributed by atoms with Gasteiger partial charge in [-0.25, -0.2) is 4.57 Å². The lowest BCUT2D eigenvalue weighted by molar-refractivity contribution is -0.670. The summed E-state index contributed by atoms with van der Waals surface area (Å²) in [5.41, 5.74) is 1.63. The second-order valence-electron chi connectivity index (χ2n) is 12.9. The van der Waals surface area contributed by atoms with Crippen LogP contribution < -0.4 is 18.9 Å². The molecule has 44 heavy (non-hydrogen) atoms. The number of aryl methyl sites for hydroxylation is 1. The third-order valence-electron chi connectivity index (χ3n) is 9.38. The number of hydrogen-bond donors (Lipinski definition) is 2. The first-order valence-corrected chi connectivity index (χ1v) is 15.6. The number of aromatic nitrogens is 1. The number of likely N-dealkylation sites (tertiary alicyclic amines) is 2. The molecule has 1 aromatic carbocycles. The molecule has 0 radical (unpaired) electrons. The van der Waals surface area contributed by atoms with Crippen LogP contribution in [-0.2, 0) is 28.0 Å². The van der Waals surface area contributed by atoms with Crippen LogP contribution in [-0.4, -0.2) is 83.4 Å². The molecule has 2 aromatic rings. The average Bonchev–Trinajstić information content (AvgIpc) is 3.67. The highest BCUT2D eigenvalue weighted by Gasteiger charge is 2.48. The number of benzene rings is 1. The minimum Gasteiger partial charge on any atom is -0.481 e. The quantitative estimate of drug-likeness (QED) is 0.352. The van der Waals surface area contributed by atoms with Crippen molar-refractivity contribution in [3.63, 3.8) is 0 Å². The van der Waals surface area contributed by atoms with Crippen molar-refractivity contribution in [3.8, 4) is 11.5 Å². The fourth-order valence-electron chi connectivity index (χ4n) is 6.89. The number of aliphatic hydroxyl groups excluding tert-OH is 1. The maximum atomic E-state index is 14.0. The van der Waals surface area contributed by atoms with Gasteiger partial charge in [0.2, 0.25) is 18.6 Å². The predicted molar refractivity (Wildman–Crippen MR) is 162 cm³/mol. The number of amides is 2.